The van der Waals surface area contributed by atoms with Crippen LogP contribution < -0.4 is 19.3 Å². The van der Waals surface area contributed by atoms with Gasteiger partial charge in [0, 0.05) is 16.8 Å². The molecule has 0 saturated heterocycles. The van der Waals surface area contributed by atoms with Crippen LogP contribution in [0.25, 0.3) is 50.7 Å². The number of hydrogen-bond acceptors (Lipinski definition) is 7. The molecule has 0 bridgehead atoms. The molecule has 2 aliphatic heterocycles. The second-order valence-electron chi connectivity index (χ2n) is 14.2. The lowest BCUT2D eigenvalue weighted by atomic mass is 10.1. The molecule has 0 radical (unpaired) electrons. The number of benzene rings is 8. The van der Waals surface area contributed by atoms with Gasteiger partial charge in [0.15, 0.2) is 28.6 Å². The van der Waals surface area contributed by atoms with Gasteiger partial charge in [0.1, 0.15) is 33.7 Å². The molecule has 8 nitrogen and oxygen atoms in total. The molecule has 2 aliphatic rings. The van der Waals surface area contributed by atoms with Gasteiger partial charge in [-0.05, 0) is 72.8 Å². The second-order valence-corrected chi connectivity index (χ2v) is 14.2. The minimum absolute atomic E-state index is 0.491. The molecule has 8 heteroatoms. The summed E-state index contributed by atoms with van der Waals surface area (Å²) in [6, 6.07) is 63.2. The van der Waals surface area contributed by atoms with Gasteiger partial charge < -0.3 is 13.9 Å². The third kappa shape index (κ3) is 4.82. The molecule has 12 rings (SSSR count). The summed E-state index contributed by atoms with van der Waals surface area (Å²) in [5.41, 5.74) is 10.5. The van der Waals surface area contributed by atoms with E-state index >= 15 is 0 Å². The number of rotatable bonds is 5. The van der Waals surface area contributed by atoms with Crippen molar-refractivity contribution in [3.63, 3.8) is 0 Å². The Balaban J connectivity index is 1.33. The van der Waals surface area contributed by atoms with E-state index in [0.717, 1.165) is 85.3 Å². The van der Waals surface area contributed by atoms with Crippen molar-refractivity contribution in [3.05, 3.63) is 188 Å². The van der Waals surface area contributed by atoms with Crippen LogP contribution in [0, 0.1) is 0 Å². The minimum Gasteiger partial charge on any atom is -0.453 e. The van der Waals surface area contributed by atoms with Crippen LogP contribution in [0.3, 0.4) is 0 Å². The van der Waals surface area contributed by atoms with Gasteiger partial charge in [0.25, 0.3) is 0 Å². The van der Waals surface area contributed by atoms with Gasteiger partial charge in [0.2, 0.25) is 5.89 Å². The molecule has 8 aromatic carbocycles. The SMILES string of the molecule is c1ccc(-c2nc3c(N4c5ccccc5Oc5ccccc54)c4c(nc(-c5ccccc5)n4-c4ccccc4)c(N4c5ccccc5Oc5ccccc54)c3o2)cc1. The van der Waals surface area contributed by atoms with Crippen LogP contribution in [0.4, 0.5) is 34.1 Å². The first kappa shape index (κ1) is 32.2. The fourth-order valence-electron chi connectivity index (χ4n) is 8.29. The van der Waals surface area contributed by atoms with Crippen molar-refractivity contribution in [2.75, 3.05) is 9.80 Å². The molecule has 0 spiro atoms. The molecule has 2 aromatic heterocycles. The minimum atomic E-state index is 0.491. The van der Waals surface area contributed by atoms with E-state index < -0.39 is 0 Å². The second kappa shape index (κ2) is 12.7. The maximum atomic E-state index is 7.14. The first-order chi connectivity index (χ1) is 28.8. The van der Waals surface area contributed by atoms with E-state index in [1.165, 1.54) is 0 Å². The average Bonchev–Trinajstić information content (AvgIpc) is 3.91. The van der Waals surface area contributed by atoms with Crippen molar-refractivity contribution in [2.24, 2.45) is 0 Å². The molecule has 58 heavy (non-hydrogen) atoms. The zero-order chi connectivity index (χ0) is 38.2. The molecule has 0 aliphatic carbocycles. The molecule has 0 unspecified atom stereocenters. The maximum Gasteiger partial charge on any atom is 0.227 e. The third-order valence-electron chi connectivity index (χ3n) is 10.8. The van der Waals surface area contributed by atoms with Gasteiger partial charge in [-0.15, -0.1) is 0 Å². The Labute approximate surface area is 333 Å². The monoisotopic (exact) mass is 749 g/mol. The molecule has 4 heterocycles. The summed E-state index contributed by atoms with van der Waals surface area (Å²) in [5, 5.41) is 0. The fraction of sp³-hybridized carbons (Fsp3) is 0. The van der Waals surface area contributed by atoms with Gasteiger partial charge in [-0.25, -0.2) is 9.97 Å². The van der Waals surface area contributed by atoms with Gasteiger partial charge in [-0.1, -0.05) is 115 Å². The molecule has 0 N–H and O–H groups in total. The summed E-state index contributed by atoms with van der Waals surface area (Å²) in [6.07, 6.45) is 0. The number of imidazole rings is 1. The molecule has 0 fully saturated rings. The number of para-hydroxylation sites is 9. The summed E-state index contributed by atoms with van der Waals surface area (Å²) in [5.74, 6) is 4.15. The summed E-state index contributed by atoms with van der Waals surface area (Å²) in [7, 11) is 0. The number of fused-ring (bicyclic) bond motifs is 6. The van der Waals surface area contributed by atoms with E-state index in [0.29, 0.717) is 22.5 Å². The first-order valence-corrected chi connectivity index (χ1v) is 19.2. The van der Waals surface area contributed by atoms with Crippen molar-refractivity contribution in [1.82, 2.24) is 14.5 Å². The lowest BCUT2D eigenvalue weighted by molar-refractivity contribution is 0.476. The highest BCUT2D eigenvalue weighted by atomic mass is 16.5. The van der Waals surface area contributed by atoms with E-state index in [2.05, 4.69) is 75.0 Å². The van der Waals surface area contributed by atoms with E-state index in [1.54, 1.807) is 0 Å². The van der Waals surface area contributed by atoms with Gasteiger partial charge in [-0.3, -0.25) is 14.4 Å². The zero-order valence-electron chi connectivity index (χ0n) is 30.9. The number of oxazole rings is 1. The van der Waals surface area contributed by atoms with Crippen LogP contribution in [0.1, 0.15) is 0 Å². The topological polar surface area (TPSA) is 68.8 Å². The van der Waals surface area contributed by atoms with Crippen LogP contribution in [-0.4, -0.2) is 14.5 Å². The Morgan fingerprint density at radius 3 is 1.33 bits per heavy atom. The number of ether oxygens (including phenoxy) is 2. The maximum absolute atomic E-state index is 7.14. The normalized spacial score (nSPS) is 12.7. The summed E-state index contributed by atoms with van der Waals surface area (Å²) in [4.78, 5) is 15.7. The first-order valence-electron chi connectivity index (χ1n) is 19.2. The smallest absolute Gasteiger partial charge is 0.227 e. The average molecular weight is 750 g/mol. The van der Waals surface area contributed by atoms with Crippen LogP contribution in [-0.2, 0) is 0 Å². The van der Waals surface area contributed by atoms with Crippen molar-refractivity contribution < 1.29 is 13.9 Å². The molecule has 0 saturated carbocycles. The Morgan fingerprint density at radius 1 is 0.379 bits per heavy atom. The predicted molar refractivity (Wildman–Crippen MR) is 229 cm³/mol. The molecule has 0 amide bonds. The highest BCUT2D eigenvalue weighted by Crippen LogP contribution is 2.59. The highest BCUT2D eigenvalue weighted by molar-refractivity contribution is 6.21. The van der Waals surface area contributed by atoms with Crippen molar-refractivity contribution in [2.45, 2.75) is 0 Å². The number of nitrogens with zero attached hydrogens (tertiary/aromatic N) is 5. The largest absolute Gasteiger partial charge is 0.453 e. The Bertz CT molecular complexity index is 3110. The predicted octanol–water partition coefficient (Wildman–Crippen LogP) is 13.7. The summed E-state index contributed by atoms with van der Waals surface area (Å²) < 4.78 is 22.5. The van der Waals surface area contributed by atoms with Crippen molar-refractivity contribution >= 4 is 56.3 Å². The Hall–Kier alpha value is -8.10. The highest BCUT2D eigenvalue weighted by Gasteiger charge is 2.38. The Kier molecular flexibility index (Phi) is 7.06. The van der Waals surface area contributed by atoms with Crippen molar-refractivity contribution in [3.8, 4) is 51.5 Å². The zero-order valence-corrected chi connectivity index (χ0v) is 30.9. The fourth-order valence-corrected chi connectivity index (χ4v) is 8.29. The third-order valence-corrected chi connectivity index (χ3v) is 10.8. The van der Waals surface area contributed by atoms with Crippen LogP contribution in [0.15, 0.2) is 192 Å². The van der Waals surface area contributed by atoms with E-state index in [1.807, 2.05) is 127 Å². The van der Waals surface area contributed by atoms with Crippen LogP contribution in [0.2, 0.25) is 0 Å². The van der Waals surface area contributed by atoms with E-state index in [-0.39, 0.29) is 0 Å². The summed E-state index contributed by atoms with van der Waals surface area (Å²) in [6.45, 7) is 0. The molecule has 274 valence electrons. The molecular formula is C50H31N5O3. The van der Waals surface area contributed by atoms with Gasteiger partial charge >= 0.3 is 0 Å². The number of anilines is 6. The molecule has 10 aromatic rings. The molecule has 0 atom stereocenters. The number of aromatic nitrogens is 3. The van der Waals surface area contributed by atoms with Crippen LogP contribution in [0.5, 0.6) is 23.0 Å². The standard InChI is InChI=1S/C50H31N5O3/c1-4-18-32(19-5-1)49-51-43-45(53(49)34-22-8-3-9-23-34)46(54-35-24-10-14-28-39(35)56-40-29-15-11-25-36(40)54)44-48(58-50(52-44)33-20-6-2-7-21-33)47(43)55-37-26-12-16-30-41(37)57-42-31-17-13-27-38(42)55/h1-31H. The van der Waals surface area contributed by atoms with Gasteiger partial charge in [-0.2, -0.15) is 0 Å². The van der Waals surface area contributed by atoms with Crippen LogP contribution >= 0.6 is 0 Å². The summed E-state index contributed by atoms with van der Waals surface area (Å²) >= 11 is 0. The Morgan fingerprint density at radius 2 is 0.810 bits per heavy atom. The van der Waals surface area contributed by atoms with E-state index in [4.69, 9.17) is 23.9 Å². The lowest BCUT2D eigenvalue weighted by Crippen LogP contribution is -2.19. The number of hydrogen-bond donors (Lipinski definition) is 0. The van der Waals surface area contributed by atoms with Crippen molar-refractivity contribution in [1.29, 1.82) is 0 Å². The quantitative estimate of drug-likeness (QED) is 0.173. The van der Waals surface area contributed by atoms with E-state index in [9.17, 15) is 0 Å². The lowest BCUT2D eigenvalue weighted by Gasteiger charge is -2.35. The van der Waals surface area contributed by atoms with Gasteiger partial charge in [0.05, 0.1) is 22.7 Å². The molecular weight excluding hydrogens is 719 g/mol.